The molecular weight excluding hydrogens is 300 g/mol. The van der Waals surface area contributed by atoms with Gasteiger partial charge in [-0.1, -0.05) is 88.5 Å². The van der Waals surface area contributed by atoms with Crippen LogP contribution in [0.3, 0.4) is 0 Å². The van der Waals surface area contributed by atoms with Gasteiger partial charge in [-0.15, -0.1) is 0 Å². The topological polar surface area (TPSA) is 0 Å². The first-order valence-corrected chi connectivity index (χ1v) is 11.6. The Hall–Kier alpha value is 0. The van der Waals surface area contributed by atoms with E-state index in [0.717, 1.165) is 35.5 Å². The summed E-state index contributed by atoms with van der Waals surface area (Å²) in [4.78, 5) is 0. The minimum atomic E-state index is 0.513. The molecule has 0 aliphatic rings. The van der Waals surface area contributed by atoms with E-state index in [1.54, 1.807) is 0 Å². The lowest BCUT2D eigenvalue weighted by atomic mass is 9.65. The van der Waals surface area contributed by atoms with E-state index in [9.17, 15) is 0 Å². The molecular formula is C25H52. The zero-order chi connectivity index (χ0) is 19.6. The normalized spacial score (nSPS) is 19.7. The van der Waals surface area contributed by atoms with Gasteiger partial charge in [0, 0.05) is 0 Å². The van der Waals surface area contributed by atoms with Crippen LogP contribution in [0.1, 0.15) is 121 Å². The summed E-state index contributed by atoms with van der Waals surface area (Å²) in [5, 5.41) is 0. The van der Waals surface area contributed by atoms with Crippen LogP contribution in [0.15, 0.2) is 0 Å². The van der Waals surface area contributed by atoms with Crippen LogP contribution in [0.4, 0.5) is 0 Å². The molecule has 0 aliphatic heterocycles. The summed E-state index contributed by atoms with van der Waals surface area (Å²) in [6.07, 6.45) is 11.2. The quantitative estimate of drug-likeness (QED) is 0.292. The maximum Gasteiger partial charge on any atom is -0.0277 e. The van der Waals surface area contributed by atoms with Crippen molar-refractivity contribution in [3.63, 3.8) is 0 Å². The maximum absolute atomic E-state index is 2.55. The van der Waals surface area contributed by atoms with E-state index < -0.39 is 0 Å². The molecule has 0 N–H and O–H groups in total. The van der Waals surface area contributed by atoms with E-state index in [0.29, 0.717) is 5.41 Å². The maximum atomic E-state index is 2.55. The molecule has 0 heterocycles. The molecule has 0 saturated heterocycles. The lowest BCUT2D eigenvalue weighted by molar-refractivity contribution is 0.0952. The van der Waals surface area contributed by atoms with Crippen molar-refractivity contribution in [2.24, 2.45) is 40.9 Å². The predicted molar refractivity (Wildman–Crippen MR) is 117 cm³/mol. The highest BCUT2D eigenvalue weighted by atomic mass is 14.4. The van der Waals surface area contributed by atoms with Crippen molar-refractivity contribution >= 4 is 0 Å². The van der Waals surface area contributed by atoms with E-state index in [2.05, 4.69) is 69.2 Å². The van der Waals surface area contributed by atoms with Gasteiger partial charge in [0.1, 0.15) is 0 Å². The first kappa shape index (κ1) is 25.0. The van der Waals surface area contributed by atoms with Gasteiger partial charge in [0.05, 0.1) is 0 Å². The van der Waals surface area contributed by atoms with Crippen LogP contribution in [-0.4, -0.2) is 0 Å². The van der Waals surface area contributed by atoms with Crippen molar-refractivity contribution in [3.8, 4) is 0 Å². The van der Waals surface area contributed by atoms with Gasteiger partial charge >= 0.3 is 0 Å². The van der Waals surface area contributed by atoms with Crippen LogP contribution in [0, 0.1) is 40.9 Å². The SMILES string of the molecule is CCCC(C)(C(C)C)C(C)CCC(CC(C)CC)CC(C)CC(C)C. The Kier molecular flexibility index (Phi) is 12.4. The molecule has 0 aliphatic carbocycles. The highest BCUT2D eigenvalue weighted by Gasteiger charge is 2.33. The standard InChI is InChI=1S/C25H52/c1-11-15-25(10,20(5)6)23(9)13-14-24(17-21(7)12-2)18-22(8)16-19(3)4/h19-24H,11-18H2,1-10H3. The van der Waals surface area contributed by atoms with Gasteiger partial charge in [-0.3, -0.25) is 0 Å². The van der Waals surface area contributed by atoms with Crippen molar-refractivity contribution in [1.82, 2.24) is 0 Å². The molecule has 0 bridgehead atoms. The van der Waals surface area contributed by atoms with Crippen molar-refractivity contribution in [2.75, 3.05) is 0 Å². The molecule has 0 spiro atoms. The number of hydrogen-bond donors (Lipinski definition) is 0. The van der Waals surface area contributed by atoms with Crippen LogP contribution in [0.2, 0.25) is 0 Å². The summed E-state index contributed by atoms with van der Waals surface area (Å²) in [7, 11) is 0. The van der Waals surface area contributed by atoms with Crippen LogP contribution < -0.4 is 0 Å². The lowest BCUT2D eigenvalue weighted by Crippen LogP contribution is -2.31. The zero-order valence-electron chi connectivity index (χ0n) is 19.6. The van der Waals surface area contributed by atoms with Crippen molar-refractivity contribution in [2.45, 2.75) is 121 Å². The van der Waals surface area contributed by atoms with Gasteiger partial charge in [-0.2, -0.15) is 0 Å². The second kappa shape index (κ2) is 12.4. The lowest BCUT2D eigenvalue weighted by Gasteiger charge is -2.40. The van der Waals surface area contributed by atoms with Gasteiger partial charge in [-0.05, 0) is 73.0 Å². The Morgan fingerprint density at radius 1 is 0.720 bits per heavy atom. The molecule has 0 nitrogen and oxygen atoms in total. The van der Waals surface area contributed by atoms with E-state index >= 15 is 0 Å². The molecule has 152 valence electrons. The summed E-state index contributed by atoms with van der Waals surface area (Å²) >= 11 is 0. The third kappa shape index (κ3) is 9.48. The smallest absolute Gasteiger partial charge is 0.0277 e. The van der Waals surface area contributed by atoms with Gasteiger partial charge < -0.3 is 0 Å². The molecule has 0 aromatic heterocycles. The third-order valence-electron chi connectivity index (χ3n) is 7.28. The molecule has 0 rings (SSSR count). The van der Waals surface area contributed by atoms with Gasteiger partial charge in [0.2, 0.25) is 0 Å². The van der Waals surface area contributed by atoms with Crippen LogP contribution in [-0.2, 0) is 0 Å². The van der Waals surface area contributed by atoms with Crippen LogP contribution in [0.5, 0.6) is 0 Å². The molecule has 0 saturated carbocycles. The molecule has 25 heavy (non-hydrogen) atoms. The highest BCUT2D eigenvalue weighted by molar-refractivity contribution is 4.83. The fourth-order valence-corrected chi connectivity index (χ4v) is 5.00. The monoisotopic (exact) mass is 352 g/mol. The zero-order valence-corrected chi connectivity index (χ0v) is 19.6. The highest BCUT2D eigenvalue weighted by Crippen LogP contribution is 2.43. The van der Waals surface area contributed by atoms with E-state index in [1.165, 1.54) is 51.4 Å². The molecule has 0 aromatic carbocycles. The van der Waals surface area contributed by atoms with E-state index in [1.807, 2.05) is 0 Å². The minimum absolute atomic E-state index is 0.513. The molecule has 0 radical (unpaired) electrons. The Labute approximate surface area is 161 Å². The number of rotatable bonds is 14. The first-order valence-electron chi connectivity index (χ1n) is 11.6. The summed E-state index contributed by atoms with van der Waals surface area (Å²) in [6.45, 7) is 24.4. The van der Waals surface area contributed by atoms with Crippen molar-refractivity contribution < 1.29 is 0 Å². The first-order chi connectivity index (χ1) is 11.6. The fourth-order valence-electron chi connectivity index (χ4n) is 5.00. The molecule has 5 unspecified atom stereocenters. The summed E-state index contributed by atoms with van der Waals surface area (Å²) in [6, 6.07) is 0. The van der Waals surface area contributed by atoms with Crippen LogP contribution in [0.25, 0.3) is 0 Å². The van der Waals surface area contributed by atoms with Gasteiger partial charge in [0.25, 0.3) is 0 Å². The second-order valence-corrected chi connectivity index (χ2v) is 10.5. The summed E-state index contributed by atoms with van der Waals surface area (Å²) in [5.74, 6) is 5.17. The van der Waals surface area contributed by atoms with E-state index in [4.69, 9.17) is 0 Å². The Balaban J connectivity index is 4.82. The Morgan fingerprint density at radius 2 is 1.28 bits per heavy atom. The number of hydrogen-bond acceptors (Lipinski definition) is 0. The Morgan fingerprint density at radius 3 is 1.72 bits per heavy atom. The average Bonchev–Trinajstić information content (AvgIpc) is 2.50. The largest absolute Gasteiger partial charge is 0.0654 e. The van der Waals surface area contributed by atoms with Crippen molar-refractivity contribution in [1.29, 1.82) is 0 Å². The Bertz CT molecular complexity index is 316. The van der Waals surface area contributed by atoms with Gasteiger partial charge in [0.15, 0.2) is 0 Å². The molecule has 0 aromatic rings. The average molecular weight is 353 g/mol. The summed E-state index contributed by atoms with van der Waals surface area (Å²) < 4.78 is 0. The van der Waals surface area contributed by atoms with E-state index in [-0.39, 0.29) is 0 Å². The van der Waals surface area contributed by atoms with Gasteiger partial charge in [-0.25, -0.2) is 0 Å². The molecule has 0 fully saturated rings. The van der Waals surface area contributed by atoms with Crippen LogP contribution >= 0.6 is 0 Å². The molecule has 0 amide bonds. The van der Waals surface area contributed by atoms with Crippen molar-refractivity contribution in [3.05, 3.63) is 0 Å². The molecule has 5 atom stereocenters. The third-order valence-corrected chi connectivity index (χ3v) is 7.28. The predicted octanol–water partition coefficient (Wildman–Crippen LogP) is 8.99. The fraction of sp³-hybridized carbons (Fsp3) is 1.00. The minimum Gasteiger partial charge on any atom is -0.0654 e. The summed E-state index contributed by atoms with van der Waals surface area (Å²) in [5.41, 5.74) is 0.513. The second-order valence-electron chi connectivity index (χ2n) is 10.5. The molecule has 0 heteroatoms.